The number of fused-ring (bicyclic) bond motifs is 1. The lowest BCUT2D eigenvalue weighted by Crippen LogP contribution is -2.20. The Balaban J connectivity index is 1.68. The van der Waals surface area contributed by atoms with Crippen molar-refractivity contribution in [3.63, 3.8) is 0 Å². The first kappa shape index (κ1) is 40.2. The van der Waals surface area contributed by atoms with E-state index >= 15 is 0 Å². The molecule has 0 bridgehead atoms. The van der Waals surface area contributed by atoms with E-state index in [2.05, 4.69) is 53.0 Å². The highest BCUT2D eigenvalue weighted by atomic mass is 35.5. The van der Waals surface area contributed by atoms with Crippen LogP contribution in [0.1, 0.15) is 6.92 Å². The molecule has 0 fully saturated rings. The molecule has 0 aliphatic rings. The van der Waals surface area contributed by atoms with Gasteiger partial charge in [0.05, 0.1) is 43.5 Å². The van der Waals surface area contributed by atoms with Crippen molar-refractivity contribution in [3.05, 3.63) is 96.0 Å². The van der Waals surface area contributed by atoms with Crippen LogP contribution in [0.15, 0.2) is 121 Å². The van der Waals surface area contributed by atoms with E-state index in [1.165, 1.54) is 53.4 Å². The number of benzene rings is 4. The molecule has 0 aliphatic heterocycles. The summed E-state index contributed by atoms with van der Waals surface area (Å²) in [6, 6.07) is 14.5. The molecule has 0 saturated heterocycles. The number of phenols is 1. The molecule has 5 rings (SSSR count). The van der Waals surface area contributed by atoms with Crippen molar-refractivity contribution in [2.75, 3.05) is 16.8 Å². The Labute approximate surface area is 317 Å². The van der Waals surface area contributed by atoms with Gasteiger partial charge in [-0.2, -0.15) is 28.5 Å². The number of aromatic nitrogens is 3. The molecule has 4 N–H and O–H groups in total. The Morgan fingerprint density at radius 1 is 0.926 bits per heavy atom. The molecule has 1 aromatic heterocycles. The Kier molecular flexibility index (Phi) is 12.0. The Morgan fingerprint density at radius 2 is 1.59 bits per heavy atom. The van der Waals surface area contributed by atoms with E-state index in [0.717, 1.165) is 22.9 Å². The van der Waals surface area contributed by atoms with Crippen LogP contribution in [0.5, 0.6) is 5.75 Å². The number of nitrogens with zero attached hydrogens (tertiary/aromatic N) is 6. The molecule has 0 aliphatic carbocycles. The first-order chi connectivity index (χ1) is 25.5. The fourth-order valence-electron chi connectivity index (χ4n) is 4.90. The van der Waals surface area contributed by atoms with Crippen molar-refractivity contribution in [2.45, 2.75) is 26.5 Å². The smallest absolute Gasteiger partial charge is 0.295 e. The van der Waals surface area contributed by atoms with Crippen LogP contribution in [0.3, 0.4) is 0 Å². The molecule has 0 spiro atoms. The van der Waals surface area contributed by atoms with Gasteiger partial charge in [-0.15, -0.1) is 9.45 Å². The van der Waals surface area contributed by atoms with E-state index in [9.17, 15) is 34.9 Å². The van der Waals surface area contributed by atoms with E-state index in [1.54, 1.807) is 13.0 Å². The van der Waals surface area contributed by atoms with Gasteiger partial charge < -0.3 is 15.3 Å². The van der Waals surface area contributed by atoms with E-state index in [-0.39, 0.29) is 72.6 Å². The number of rotatable bonds is 15. The summed E-state index contributed by atoms with van der Waals surface area (Å²) >= 11 is 6.56. The van der Waals surface area contributed by atoms with Crippen LogP contribution in [0.25, 0.3) is 10.8 Å². The van der Waals surface area contributed by atoms with Crippen molar-refractivity contribution in [3.8, 4) is 5.75 Å². The molecule has 23 heteroatoms. The molecule has 0 amide bonds. The maximum absolute atomic E-state index is 12.5. The fourth-order valence-corrected chi connectivity index (χ4v) is 7.71. The molecular formula is C31H26ClN7O11S4. The predicted molar refractivity (Wildman–Crippen MR) is 199 cm³/mol. The van der Waals surface area contributed by atoms with Crippen LogP contribution >= 0.6 is 23.6 Å². The number of aromatic hydroxyl groups is 1. The van der Waals surface area contributed by atoms with Crippen molar-refractivity contribution in [2.24, 2.45) is 10.2 Å². The number of nitrogens with one attached hydrogen (secondary N) is 1. The van der Waals surface area contributed by atoms with E-state index in [0.29, 0.717) is 5.69 Å². The van der Waals surface area contributed by atoms with Crippen molar-refractivity contribution in [1.82, 2.24) is 15.0 Å². The Morgan fingerprint density at radius 3 is 2.22 bits per heavy atom. The summed E-state index contributed by atoms with van der Waals surface area (Å²) in [5.41, 5.74) is -0.0660. The third kappa shape index (κ3) is 8.67. The quantitative estimate of drug-likeness (QED) is 0.0267. The second-order valence-electron chi connectivity index (χ2n) is 10.5. The van der Waals surface area contributed by atoms with Crippen LogP contribution in [0.4, 0.5) is 34.6 Å². The van der Waals surface area contributed by atoms with Crippen molar-refractivity contribution < 1.29 is 49.5 Å². The van der Waals surface area contributed by atoms with Crippen LogP contribution < -0.4 is 10.2 Å². The van der Waals surface area contributed by atoms with Gasteiger partial charge in [0.15, 0.2) is 25.4 Å². The molecule has 4 aromatic carbocycles. The minimum absolute atomic E-state index is 0.0122. The molecule has 0 atom stereocenters. The summed E-state index contributed by atoms with van der Waals surface area (Å²) in [7, 11) is -12.6. The molecule has 5 aromatic rings. The highest BCUT2D eigenvalue weighted by Crippen LogP contribution is 2.48. The summed E-state index contributed by atoms with van der Waals surface area (Å²) in [4.78, 5) is 13.1. The molecule has 282 valence electrons. The first-order valence-electron chi connectivity index (χ1n) is 14.8. The minimum Gasteiger partial charge on any atom is -0.505 e. The average molecular weight is 836 g/mol. The summed E-state index contributed by atoms with van der Waals surface area (Å²) in [6.45, 7) is 8.60. The molecule has 0 unspecified atom stereocenters. The van der Waals surface area contributed by atoms with Crippen LogP contribution in [-0.4, -0.2) is 61.7 Å². The van der Waals surface area contributed by atoms with Crippen LogP contribution in [-0.2, 0) is 39.2 Å². The predicted octanol–water partition coefficient (Wildman–Crippen LogP) is 7.21. The third-order valence-corrected chi connectivity index (χ3v) is 11.7. The monoisotopic (exact) mass is 835 g/mol. The maximum Gasteiger partial charge on any atom is 0.295 e. The summed E-state index contributed by atoms with van der Waals surface area (Å²) in [5, 5.41) is 35.8. The highest BCUT2D eigenvalue weighted by Gasteiger charge is 2.25. The lowest BCUT2D eigenvalue weighted by atomic mass is 10.1. The van der Waals surface area contributed by atoms with Gasteiger partial charge >= 0.3 is 0 Å². The zero-order valence-corrected chi connectivity index (χ0v) is 31.5. The Bertz CT molecular complexity index is 2660. The fraction of sp³-hybridized carbons (Fsp3) is 0.0645. The van der Waals surface area contributed by atoms with E-state index in [1.807, 2.05) is 0 Å². The second kappa shape index (κ2) is 16.1. The number of sulfone groups is 2. The number of halogens is 1. The van der Waals surface area contributed by atoms with E-state index in [4.69, 9.17) is 16.9 Å². The van der Waals surface area contributed by atoms with Gasteiger partial charge in [0.25, 0.3) is 10.1 Å². The molecule has 0 radical (unpaired) electrons. The largest absolute Gasteiger partial charge is 0.505 e. The SMILES string of the molecule is C=CS(=O)(=O)c1cccc(N=Nc2c(SOOO)cc3c(S(=O)(=O)O)ccc(Nc4nc(Cl)nc(N(CC)c5cccc(S(=O)(=O)C=C)c5)n4)c3c2O)c1. The van der Waals surface area contributed by atoms with Crippen LogP contribution in [0.2, 0.25) is 5.28 Å². The normalized spacial score (nSPS) is 12.2. The third-order valence-electron chi connectivity index (χ3n) is 7.32. The molecule has 1 heterocycles. The molecule has 0 saturated carbocycles. The summed E-state index contributed by atoms with van der Waals surface area (Å²) < 4.78 is 89.1. The highest BCUT2D eigenvalue weighted by molar-refractivity contribution is 7.95. The zero-order chi connectivity index (χ0) is 39.4. The minimum atomic E-state index is -4.94. The topological polar surface area (TPSA) is 260 Å². The maximum atomic E-state index is 12.5. The number of azo groups is 1. The van der Waals surface area contributed by atoms with Gasteiger partial charge in [0, 0.05) is 28.4 Å². The van der Waals surface area contributed by atoms with E-state index < -0.39 is 46.1 Å². The first-order valence-corrected chi connectivity index (χ1v) is 20.5. The second-order valence-corrected chi connectivity index (χ2v) is 16.8. The summed E-state index contributed by atoms with van der Waals surface area (Å²) in [6.07, 6.45) is 0. The number of hydrogen-bond acceptors (Lipinski definition) is 18. The Hall–Kier alpha value is -5.04. The average Bonchev–Trinajstić information content (AvgIpc) is 3.13. The van der Waals surface area contributed by atoms with Crippen molar-refractivity contribution in [1.29, 1.82) is 0 Å². The van der Waals surface area contributed by atoms with Gasteiger partial charge in [-0.05, 0) is 73.1 Å². The molecular weight excluding hydrogens is 810 g/mol. The van der Waals surface area contributed by atoms with Gasteiger partial charge in [-0.25, -0.2) is 22.1 Å². The lowest BCUT2D eigenvalue weighted by molar-refractivity contribution is -0.432. The summed E-state index contributed by atoms with van der Waals surface area (Å²) in [5.74, 6) is -1.01. The molecule has 54 heavy (non-hydrogen) atoms. The number of hydrogen-bond donors (Lipinski definition) is 4. The van der Waals surface area contributed by atoms with Gasteiger partial charge in [0.2, 0.25) is 17.2 Å². The van der Waals surface area contributed by atoms with Crippen molar-refractivity contribution >= 4 is 98.9 Å². The molecule has 18 nitrogen and oxygen atoms in total. The van der Waals surface area contributed by atoms with Gasteiger partial charge in [-0.1, -0.05) is 30.3 Å². The standard InChI is InChI=1S/C31H26ClN7O11S4/c1-4-39(19-10-8-12-21(16-19)53(44,45)6-3)31-35-29(32)34-30(36-31)33-23-13-14-25(54(46,47)48)22-17-24(51-50-49-41)27(28(40)26(22)23)38-37-18-9-7-11-20(15-18)52(42,43)5-2/h5-17,40-41H,2-4H2,1H3,(H,46,47,48)(H,33,34,35,36). The van der Waals surface area contributed by atoms with Crippen LogP contribution in [0, 0.1) is 0 Å². The van der Waals surface area contributed by atoms with Gasteiger partial charge in [0.1, 0.15) is 10.6 Å². The number of anilines is 4. The van der Waals surface area contributed by atoms with Gasteiger partial charge in [-0.3, -0.25) is 4.55 Å². The zero-order valence-electron chi connectivity index (χ0n) is 27.4. The number of phenolic OH excluding ortho intramolecular Hbond substituents is 1. The lowest BCUT2D eigenvalue weighted by Gasteiger charge is -2.22.